The summed E-state index contributed by atoms with van der Waals surface area (Å²) in [6.07, 6.45) is 1.03. The molecule has 1 unspecified atom stereocenters. The van der Waals surface area contributed by atoms with E-state index in [2.05, 4.69) is 16.4 Å². The number of alkyl carbamates (subject to hydrolysis) is 1. The molecule has 1 atom stereocenters. The molecule has 21 heavy (non-hydrogen) atoms. The number of aromatic amines is 1. The molecule has 108 valence electrons. The third-order valence-corrected chi connectivity index (χ3v) is 3.69. The number of nitriles is 1. The number of rotatable bonds is 2. The second kappa shape index (κ2) is 5.13. The molecule has 0 fully saturated rings. The van der Waals surface area contributed by atoms with E-state index in [4.69, 9.17) is 10.00 Å². The van der Waals surface area contributed by atoms with Crippen molar-refractivity contribution in [3.05, 3.63) is 35.0 Å². The van der Waals surface area contributed by atoms with Crippen LogP contribution in [-0.2, 0) is 17.6 Å². The lowest BCUT2D eigenvalue weighted by atomic mass is 10.1. The highest BCUT2D eigenvalue weighted by molar-refractivity contribution is 5.86. The number of nitrogens with one attached hydrogen (secondary N) is 2. The lowest BCUT2D eigenvalue weighted by Crippen LogP contribution is -2.37. The maximum Gasteiger partial charge on any atom is 0.407 e. The number of carbonyl (C=O) groups is 1. The van der Waals surface area contributed by atoms with Gasteiger partial charge in [-0.25, -0.2) is 4.79 Å². The van der Waals surface area contributed by atoms with Crippen molar-refractivity contribution in [3.63, 3.8) is 0 Å². The zero-order valence-electron chi connectivity index (χ0n) is 12.1. The molecule has 1 aromatic heterocycles. The molecule has 1 aromatic carbocycles. The molecular weight excluding hydrogens is 266 g/mol. The van der Waals surface area contributed by atoms with Crippen LogP contribution in [0, 0.1) is 11.3 Å². The standard InChI is InChI=1S/C16H17N3O2/c1-9(2)21-16(20)18-11-6-13-12-5-10(8-17)3-4-14(12)19-15(13)7-11/h3-5,9,11,19H,6-7H2,1-2H3,(H,18,20). The first-order chi connectivity index (χ1) is 10.1. The van der Waals surface area contributed by atoms with Crippen LogP contribution in [0.3, 0.4) is 0 Å². The number of ether oxygens (including phenoxy) is 1. The minimum absolute atomic E-state index is 0.0487. The Morgan fingerprint density at radius 3 is 3.00 bits per heavy atom. The molecule has 0 saturated heterocycles. The first-order valence-corrected chi connectivity index (χ1v) is 7.07. The Bertz CT molecular complexity index is 740. The molecule has 0 spiro atoms. The molecule has 2 aromatic rings. The summed E-state index contributed by atoms with van der Waals surface area (Å²) >= 11 is 0. The molecule has 1 aliphatic carbocycles. The SMILES string of the molecule is CC(C)OC(=O)NC1Cc2[nH]c3ccc(C#N)cc3c2C1. The minimum atomic E-state index is -0.373. The number of benzene rings is 1. The van der Waals surface area contributed by atoms with Crippen molar-refractivity contribution in [2.45, 2.75) is 38.8 Å². The Balaban J connectivity index is 1.79. The van der Waals surface area contributed by atoms with Crippen LogP contribution in [0.1, 0.15) is 30.7 Å². The zero-order valence-corrected chi connectivity index (χ0v) is 12.1. The summed E-state index contributed by atoms with van der Waals surface area (Å²) in [5, 5.41) is 13.0. The molecule has 0 saturated carbocycles. The van der Waals surface area contributed by atoms with E-state index in [1.165, 1.54) is 5.56 Å². The molecule has 0 radical (unpaired) electrons. The van der Waals surface area contributed by atoms with Gasteiger partial charge in [0.15, 0.2) is 0 Å². The summed E-state index contributed by atoms with van der Waals surface area (Å²) in [5.41, 5.74) is 4.02. The van der Waals surface area contributed by atoms with Crippen molar-refractivity contribution in [1.29, 1.82) is 5.26 Å². The number of hydrogen-bond acceptors (Lipinski definition) is 3. The number of hydrogen-bond donors (Lipinski definition) is 2. The quantitative estimate of drug-likeness (QED) is 0.889. The van der Waals surface area contributed by atoms with Gasteiger partial charge in [-0.05, 0) is 44.0 Å². The lowest BCUT2D eigenvalue weighted by Gasteiger charge is -2.14. The second-order valence-corrected chi connectivity index (χ2v) is 5.66. The highest BCUT2D eigenvalue weighted by Gasteiger charge is 2.27. The van der Waals surface area contributed by atoms with Gasteiger partial charge >= 0.3 is 6.09 Å². The van der Waals surface area contributed by atoms with E-state index in [0.717, 1.165) is 29.4 Å². The van der Waals surface area contributed by atoms with E-state index in [-0.39, 0.29) is 18.2 Å². The van der Waals surface area contributed by atoms with Gasteiger partial charge < -0.3 is 15.0 Å². The monoisotopic (exact) mass is 283 g/mol. The fourth-order valence-electron chi connectivity index (χ4n) is 2.86. The largest absolute Gasteiger partial charge is 0.447 e. The Morgan fingerprint density at radius 2 is 2.29 bits per heavy atom. The van der Waals surface area contributed by atoms with Gasteiger partial charge in [-0.2, -0.15) is 5.26 Å². The summed E-state index contributed by atoms with van der Waals surface area (Å²) in [7, 11) is 0. The van der Waals surface area contributed by atoms with Crippen molar-refractivity contribution in [1.82, 2.24) is 10.3 Å². The summed E-state index contributed by atoms with van der Waals surface area (Å²) < 4.78 is 5.11. The predicted octanol–water partition coefficient (Wildman–Crippen LogP) is 2.64. The molecule has 1 amide bonds. The molecule has 1 heterocycles. The summed E-state index contributed by atoms with van der Waals surface area (Å²) in [5.74, 6) is 0. The fraction of sp³-hybridized carbons (Fsp3) is 0.375. The highest BCUT2D eigenvalue weighted by Crippen LogP contribution is 2.30. The van der Waals surface area contributed by atoms with Crippen molar-refractivity contribution in [2.75, 3.05) is 0 Å². The molecule has 1 aliphatic rings. The summed E-state index contributed by atoms with van der Waals surface area (Å²) in [6, 6.07) is 7.85. The third kappa shape index (κ3) is 2.57. The van der Waals surface area contributed by atoms with Gasteiger partial charge in [-0.3, -0.25) is 0 Å². The van der Waals surface area contributed by atoms with Crippen molar-refractivity contribution < 1.29 is 9.53 Å². The fourth-order valence-corrected chi connectivity index (χ4v) is 2.86. The Kier molecular flexibility index (Phi) is 3.30. The maximum atomic E-state index is 11.7. The second-order valence-electron chi connectivity index (χ2n) is 5.66. The summed E-state index contributed by atoms with van der Waals surface area (Å²) in [6.45, 7) is 3.65. The summed E-state index contributed by atoms with van der Waals surface area (Å²) in [4.78, 5) is 15.0. The van der Waals surface area contributed by atoms with Gasteiger partial charge in [-0.15, -0.1) is 0 Å². The average Bonchev–Trinajstić information content (AvgIpc) is 2.94. The topological polar surface area (TPSA) is 77.9 Å². The molecule has 5 heteroatoms. The third-order valence-electron chi connectivity index (χ3n) is 3.69. The molecule has 5 nitrogen and oxygen atoms in total. The van der Waals surface area contributed by atoms with Gasteiger partial charge in [0.05, 0.1) is 17.7 Å². The molecule has 0 bridgehead atoms. The smallest absolute Gasteiger partial charge is 0.407 e. The number of H-pyrrole nitrogens is 1. The highest BCUT2D eigenvalue weighted by atomic mass is 16.6. The van der Waals surface area contributed by atoms with Crippen molar-refractivity contribution in [2.24, 2.45) is 0 Å². The van der Waals surface area contributed by atoms with Crippen LogP contribution in [-0.4, -0.2) is 23.2 Å². The van der Waals surface area contributed by atoms with Crippen LogP contribution in [0.4, 0.5) is 4.79 Å². The van der Waals surface area contributed by atoms with Crippen molar-refractivity contribution >= 4 is 17.0 Å². The number of fused-ring (bicyclic) bond motifs is 3. The van der Waals surface area contributed by atoms with Gasteiger partial charge in [0.25, 0.3) is 0 Å². The molecule has 2 N–H and O–H groups in total. The van der Waals surface area contributed by atoms with Gasteiger partial charge in [0.1, 0.15) is 0 Å². The van der Waals surface area contributed by atoms with E-state index in [0.29, 0.717) is 5.56 Å². The number of aromatic nitrogens is 1. The van der Waals surface area contributed by atoms with Gasteiger partial charge in [0, 0.05) is 29.1 Å². The number of amides is 1. The Hall–Kier alpha value is -2.48. The molecular formula is C16H17N3O2. The Morgan fingerprint density at radius 1 is 1.48 bits per heavy atom. The minimum Gasteiger partial charge on any atom is -0.447 e. The first kappa shape index (κ1) is 13.5. The van der Waals surface area contributed by atoms with Gasteiger partial charge in [-0.1, -0.05) is 0 Å². The van der Waals surface area contributed by atoms with Crippen LogP contribution in [0.15, 0.2) is 18.2 Å². The Labute approximate surface area is 122 Å². The maximum absolute atomic E-state index is 11.7. The number of carbonyl (C=O) groups excluding carboxylic acids is 1. The van der Waals surface area contributed by atoms with Crippen LogP contribution in [0.2, 0.25) is 0 Å². The van der Waals surface area contributed by atoms with Gasteiger partial charge in [0.2, 0.25) is 0 Å². The van der Waals surface area contributed by atoms with E-state index < -0.39 is 0 Å². The first-order valence-electron chi connectivity index (χ1n) is 7.07. The average molecular weight is 283 g/mol. The van der Waals surface area contributed by atoms with E-state index in [1.54, 1.807) is 0 Å². The molecule has 3 rings (SSSR count). The van der Waals surface area contributed by atoms with E-state index in [9.17, 15) is 4.79 Å². The lowest BCUT2D eigenvalue weighted by molar-refractivity contribution is 0.112. The zero-order chi connectivity index (χ0) is 15.0. The van der Waals surface area contributed by atoms with Crippen molar-refractivity contribution in [3.8, 4) is 6.07 Å². The van der Waals surface area contributed by atoms with Crippen LogP contribution in [0.5, 0.6) is 0 Å². The number of nitrogens with zero attached hydrogens (tertiary/aromatic N) is 1. The van der Waals surface area contributed by atoms with Crippen LogP contribution < -0.4 is 5.32 Å². The van der Waals surface area contributed by atoms with Crippen LogP contribution >= 0.6 is 0 Å². The predicted molar refractivity (Wildman–Crippen MR) is 79.0 cm³/mol. The normalized spacial score (nSPS) is 16.8. The van der Waals surface area contributed by atoms with E-state index in [1.807, 2.05) is 32.0 Å². The molecule has 0 aliphatic heterocycles. The van der Waals surface area contributed by atoms with Crippen LogP contribution in [0.25, 0.3) is 10.9 Å². The van der Waals surface area contributed by atoms with E-state index >= 15 is 0 Å².